The Hall–Kier alpha value is -1.50. The molecule has 0 saturated carbocycles. The molecule has 5 heteroatoms. The first-order chi connectivity index (χ1) is 17.4. The van der Waals surface area contributed by atoms with Gasteiger partial charge in [0.15, 0.2) is 0 Å². The summed E-state index contributed by atoms with van der Waals surface area (Å²) in [7, 11) is 0. The molecule has 0 nitrogen and oxygen atoms in total. The molecule has 0 N–H and O–H groups in total. The molecule has 5 aromatic heterocycles. The van der Waals surface area contributed by atoms with Crippen LogP contribution in [0.25, 0.3) is 39.0 Å². The van der Waals surface area contributed by atoms with Crippen molar-refractivity contribution in [2.45, 2.75) is 69.2 Å². The molecule has 0 unspecified atom stereocenters. The van der Waals surface area contributed by atoms with Gasteiger partial charge in [0.05, 0.1) is 0 Å². The fourth-order valence-electron chi connectivity index (χ4n) is 2.65. The summed E-state index contributed by atoms with van der Waals surface area (Å²) in [6.07, 6.45) is 0. The first-order valence-corrected chi connectivity index (χ1v) is 17.0. The molecule has 0 aromatic carbocycles. The third kappa shape index (κ3) is 9.82. The Kier molecular flexibility index (Phi) is 19.8. The molecule has 192 valence electrons. The summed E-state index contributed by atoms with van der Waals surface area (Å²) in [6, 6.07) is 22.1. The van der Waals surface area contributed by atoms with Crippen LogP contribution in [0.1, 0.15) is 69.2 Å². The van der Waals surface area contributed by atoms with E-state index in [0.717, 1.165) is 0 Å². The van der Waals surface area contributed by atoms with E-state index in [2.05, 4.69) is 71.4 Å². The van der Waals surface area contributed by atoms with Gasteiger partial charge in [0.25, 0.3) is 0 Å². The van der Waals surface area contributed by atoms with Crippen LogP contribution in [0.3, 0.4) is 0 Å². The van der Waals surface area contributed by atoms with Crippen LogP contribution < -0.4 is 0 Å². The van der Waals surface area contributed by atoms with Crippen LogP contribution in [0, 0.1) is 0 Å². The fourth-order valence-corrected chi connectivity index (χ4v) is 7.51. The van der Waals surface area contributed by atoms with E-state index in [1.807, 2.05) is 103 Å². The molecule has 0 aliphatic carbocycles. The SMILES string of the molecule is CC.CC.CC.CC.CC.c1csc(-c2ccc(-c3ccc(-c4ccc(-c5cccs5)s4)s3)s2)c1. The van der Waals surface area contributed by atoms with Crippen LogP contribution in [-0.4, -0.2) is 0 Å². The molecule has 5 rings (SSSR count). The summed E-state index contributed by atoms with van der Waals surface area (Å²) in [5.41, 5.74) is 0. The average Bonchev–Trinajstić information content (AvgIpc) is 3.77. The Morgan fingerprint density at radius 3 is 0.743 bits per heavy atom. The zero-order valence-corrected chi connectivity index (χ0v) is 27.1. The van der Waals surface area contributed by atoms with Gasteiger partial charge in [0, 0.05) is 39.0 Å². The monoisotopic (exact) mass is 562 g/mol. The highest BCUT2D eigenvalue weighted by atomic mass is 32.1. The highest BCUT2D eigenvalue weighted by Crippen LogP contribution is 2.43. The van der Waals surface area contributed by atoms with E-state index in [1.54, 1.807) is 22.7 Å². The second kappa shape index (κ2) is 20.7. The van der Waals surface area contributed by atoms with Crippen molar-refractivity contribution in [1.29, 1.82) is 0 Å². The zero-order chi connectivity index (χ0) is 26.6. The van der Waals surface area contributed by atoms with E-state index in [9.17, 15) is 0 Å². The first-order valence-electron chi connectivity index (χ1n) is 12.7. The molecule has 0 fully saturated rings. The summed E-state index contributed by atoms with van der Waals surface area (Å²) in [4.78, 5) is 10.8. The predicted molar refractivity (Wildman–Crippen MR) is 174 cm³/mol. The highest BCUT2D eigenvalue weighted by Gasteiger charge is 2.11. The van der Waals surface area contributed by atoms with E-state index in [0.29, 0.717) is 0 Å². The predicted octanol–water partition coefficient (Wildman–Crippen LogP) is 13.8. The number of hydrogen-bond donors (Lipinski definition) is 0. The molecule has 0 amide bonds. The number of thiophene rings is 5. The minimum absolute atomic E-state index is 1.35. The Morgan fingerprint density at radius 1 is 0.314 bits per heavy atom. The second-order valence-corrected chi connectivity index (χ2v) is 10.6. The number of rotatable bonds is 4. The fraction of sp³-hybridized carbons (Fsp3) is 0.333. The molecule has 0 spiro atoms. The largest absolute Gasteiger partial charge is 0.143 e. The molecular formula is C30H42S5. The smallest absolute Gasteiger partial charge is 0.0449 e. The molecule has 0 aliphatic rings. The van der Waals surface area contributed by atoms with Gasteiger partial charge in [-0.2, -0.15) is 0 Å². The van der Waals surface area contributed by atoms with Gasteiger partial charge >= 0.3 is 0 Å². The van der Waals surface area contributed by atoms with E-state index in [4.69, 9.17) is 0 Å². The quantitative estimate of drug-likeness (QED) is 0.204. The van der Waals surface area contributed by atoms with Crippen molar-refractivity contribution >= 4 is 56.7 Å². The van der Waals surface area contributed by atoms with Crippen molar-refractivity contribution in [3.8, 4) is 39.0 Å². The van der Waals surface area contributed by atoms with Crippen molar-refractivity contribution < 1.29 is 0 Å². The van der Waals surface area contributed by atoms with Gasteiger partial charge in [-0.05, 0) is 59.3 Å². The van der Waals surface area contributed by atoms with Crippen LogP contribution >= 0.6 is 56.7 Å². The minimum atomic E-state index is 1.35. The summed E-state index contributed by atoms with van der Waals surface area (Å²) >= 11 is 9.26. The molecule has 5 aromatic rings. The molecule has 0 radical (unpaired) electrons. The van der Waals surface area contributed by atoms with Gasteiger partial charge in [-0.15, -0.1) is 56.7 Å². The van der Waals surface area contributed by atoms with E-state index >= 15 is 0 Å². The summed E-state index contributed by atoms with van der Waals surface area (Å²) in [5, 5.41) is 4.28. The maximum absolute atomic E-state index is 2.26. The molecule has 35 heavy (non-hydrogen) atoms. The topological polar surface area (TPSA) is 0 Å². The zero-order valence-electron chi connectivity index (χ0n) is 23.0. The number of hydrogen-bond acceptors (Lipinski definition) is 5. The first kappa shape index (κ1) is 33.5. The maximum atomic E-state index is 2.26. The lowest BCUT2D eigenvalue weighted by Gasteiger charge is -1.92. The molecule has 5 heterocycles. The van der Waals surface area contributed by atoms with Crippen LogP contribution in [-0.2, 0) is 0 Å². The van der Waals surface area contributed by atoms with Crippen molar-refractivity contribution in [2.24, 2.45) is 0 Å². The van der Waals surface area contributed by atoms with Gasteiger partial charge < -0.3 is 0 Å². The van der Waals surface area contributed by atoms with Gasteiger partial charge in [0.2, 0.25) is 0 Å². The lowest BCUT2D eigenvalue weighted by Crippen LogP contribution is -1.58. The Morgan fingerprint density at radius 2 is 0.543 bits per heavy atom. The van der Waals surface area contributed by atoms with Crippen LogP contribution in [0.5, 0.6) is 0 Å². The van der Waals surface area contributed by atoms with Gasteiger partial charge in [-0.1, -0.05) is 81.4 Å². The summed E-state index contributed by atoms with van der Waals surface area (Å²) < 4.78 is 0. The highest BCUT2D eigenvalue weighted by molar-refractivity contribution is 7.29. The third-order valence-corrected chi connectivity index (χ3v) is 9.61. The normalized spacial score (nSPS) is 8.86. The second-order valence-electron chi connectivity index (χ2n) is 5.45. The van der Waals surface area contributed by atoms with E-state index in [1.165, 1.54) is 39.0 Å². The van der Waals surface area contributed by atoms with Gasteiger partial charge in [-0.3, -0.25) is 0 Å². The van der Waals surface area contributed by atoms with Crippen molar-refractivity contribution in [1.82, 2.24) is 0 Å². The lowest BCUT2D eigenvalue weighted by molar-refractivity contribution is 1.50. The lowest BCUT2D eigenvalue weighted by atomic mass is 10.3. The van der Waals surface area contributed by atoms with Crippen LogP contribution in [0.2, 0.25) is 0 Å². The van der Waals surface area contributed by atoms with Crippen LogP contribution in [0.15, 0.2) is 71.4 Å². The average molecular weight is 563 g/mol. The molecule has 0 atom stereocenters. The summed E-state index contributed by atoms with van der Waals surface area (Å²) in [5.74, 6) is 0. The van der Waals surface area contributed by atoms with E-state index < -0.39 is 0 Å². The summed E-state index contributed by atoms with van der Waals surface area (Å²) in [6.45, 7) is 20.0. The van der Waals surface area contributed by atoms with E-state index in [-0.39, 0.29) is 0 Å². The third-order valence-electron chi connectivity index (χ3n) is 3.83. The maximum Gasteiger partial charge on any atom is 0.0449 e. The minimum Gasteiger partial charge on any atom is -0.143 e. The van der Waals surface area contributed by atoms with Crippen molar-refractivity contribution in [2.75, 3.05) is 0 Å². The molecule has 0 aliphatic heterocycles. The molecule has 0 bridgehead atoms. The Balaban J connectivity index is 0.00000104. The van der Waals surface area contributed by atoms with Crippen LogP contribution in [0.4, 0.5) is 0 Å². The molecular weight excluding hydrogens is 521 g/mol. The standard InChI is InChI=1S/C20H12S5.5C2H6/c1-3-13(21-11-1)15-5-7-17(23-15)19-9-10-20(25-19)18-8-6-16(24-18)14-4-2-12-22-14;5*1-2/h1-12H;5*1-2H3. The van der Waals surface area contributed by atoms with Gasteiger partial charge in [-0.25, -0.2) is 0 Å². The Bertz CT molecular complexity index is 1000. The van der Waals surface area contributed by atoms with Crippen molar-refractivity contribution in [3.05, 3.63) is 71.4 Å². The van der Waals surface area contributed by atoms with Crippen molar-refractivity contribution in [3.63, 3.8) is 0 Å². The molecule has 0 saturated heterocycles. The Labute approximate surface area is 235 Å². The van der Waals surface area contributed by atoms with Gasteiger partial charge in [0.1, 0.15) is 0 Å².